The largest absolute Gasteiger partial charge is 0.450 e. The molecule has 148 valence electrons. The number of rotatable bonds is 5. The summed E-state index contributed by atoms with van der Waals surface area (Å²) in [5.74, 6) is 0.715. The molecule has 2 fully saturated rings. The van der Waals surface area contributed by atoms with Gasteiger partial charge in [-0.3, -0.25) is 4.79 Å². The highest BCUT2D eigenvalue weighted by molar-refractivity contribution is 5.85. The fraction of sp³-hybridized carbons (Fsp3) is 0.833. The van der Waals surface area contributed by atoms with Gasteiger partial charge in [-0.1, -0.05) is 19.3 Å². The highest BCUT2D eigenvalue weighted by Gasteiger charge is 2.24. The molecule has 0 bridgehead atoms. The zero-order valence-corrected chi connectivity index (χ0v) is 16.1. The maximum Gasteiger partial charge on any atom is 0.409 e. The summed E-state index contributed by atoms with van der Waals surface area (Å²) in [4.78, 5) is 32.3. The molecule has 0 aromatic heterocycles. The van der Waals surface area contributed by atoms with E-state index >= 15 is 0 Å². The fourth-order valence-corrected chi connectivity index (χ4v) is 3.41. The van der Waals surface area contributed by atoms with Crippen LogP contribution in [0.2, 0.25) is 0 Å². The molecule has 0 aromatic carbocycles. The molecule has 1 saturated heterocycles. The molecule has 8 nitrogen and oxygen atoms in total. The molecular weight excluding hydrogens is 334 g/mol. The van der Waals surface area contributed by atoms with Crippen molar-refractivity contribution in [2.24, 2.45) is 4.99 Å². The van der Waals surface area contributed by atoms with E-state index in [4.69, 9.17) is 4.74 Å². The SMILES string of the molecule is CCNC(=NCC(=O)NC1CCCCC1)N1CCN(C(=O)OCC)CC1. The number of piperazine rings is 1. The Balaban J connectivity index is 1.82. The van der Waals surface area contributed by atoms with E-state index in [1.807, 2.05) is 13.8 Å². The topological polar surface area (TPSA) is 86.3 Å². The van der Waals surface area contributed by atoms with Gasteiger partial charge in [0.25, 0.3) is 0 Å². The Hall–Kier alpha value is -1.99. The maximum absolute atomic E-state index is 12.2. The van der Waals surface area contributed by atoms with E-state index in [1.165, 1.54) is 19.3 Å². The van der Waals surface area contributed by atoms with Gasteiger partial charge < -0.3 is 25.2 Å². The summed E-state index contributed by atoms with van der Waals surface area (Å²) in [6, 6.07) is 0.308. The van der Waals surface area contributed by atoms with Crippen molar-refractivity contribution in [1.82, 2.24) is 20.4 Å². The van der Waals surface area contributed by atoms with Gasteiger partial charge in [0.1, 0.15) is 6.54 Å². The predicted molar refractivity (Wildman–Crippen MR) is 101 cm³/mol. The molecular formula is C18H33N5O3. The van der Waals surface area contributed by atoms with Crippen molar-refractivity contribution >= 4 is 18.0 Å². The first-order valence-electron chi connectivity index (χ1n) is 9.88. The summed E-state index contributed by atoms with van der Waals surface area (Å²) in [5.41, 5.74) is 0. The number of nitrogens with one attached hydrogen (secondary N) is 2. The van der Waals surface area contributed by atoms with Crippen molar-refractivity contribution in [1.29, 1.82) is 0 Å². The molecule has 2 N–H and O–H groups in total. The second-order valence-electron chi connectivity index (χ2n) is 6.75. The molecule has 1 aliphatic carbocycles. The van der Waals surface area contributed by atoms with E-state index < -0.39 is 0 Å². The lowest BCUT2D eigenvalue weighted by Gasteiger charge is -2.35. The van der Waals surface area contributed by atoms with Gasteiger partial charge in [0.2, 0.25) is 5.91 Å². The highest BCUT2D eigenvalue weighted by Crippen LogP contribution is 2.17. The predicted octanol–water partition coefficient (Wildman–Crippen LogP) is 1.17. The van der Waals surface area contributed by atoms with Crippen LogP contribution in [0.15, 0.2) is 4.99 Å². The average molecular weight is 367 g/mol. The van der Waals surface area contributed by atoms with Gasteiger partial charge in [0.15, 0.2) is 5.96 Å². The van der Waals surface area contributed by atoms with Crippen molar-refractivity contribution in [3.05, 3.63) is 0 Å². The van der Waals surface area contributed by atoms with Crippen LogP contribution in [0.1, 0.15) is 46.0 Å². The fourth-order valence-electron chi connectivity index (χ4n) is 3.41. The third-order valence-electron chi connectivity index (χ3n) is 4.78. The van der Waals surface area contributed by atoms with Gasteiger partial charge in [0.05, 0.1) is 6.61 Å². The van der Waals surface area contributed by atoms with E-state index in [-0.39, 0.29) is 18.5 Å². The number of hydrogen-bond donors (Lipinski definition) is 2. The summed E-state index contributed by atoms with van der Waals surface area (Å²) < 4.78 is 5.05. The first-order chi connectivity index (χ1) is 12.6. The van der Waals surface area contributed by atoms with Gasteiger partial charge in [-0.05, 0) is 26.7 Å². The monoisotopic (exact) mass is 367 g/mol. The Kier molecular flexibility index (Phi) is 8.50. The lowest BCUT2D eigenvalue weighted by molar-refractivity contribution is -0.120. The van der Waals surface area contributed by atoms with Crippen LogP contribution in [0.4, 0.5) is 4.79 Å². The van der Waals surface area contributed by atoms with Crippen LogP contribution in [-0.4, -0.2) is 79.7 Å². The summed E-state index contributed by atoms with van der Waals surface area (Å²) >= 11 is 0. The molecule has 26 heavy (non-hydrogen) atoms. The van der Waals surface area contributed by atoms with Gasteiger partial charge in [-0.25, -0.2) is 9.79 Å². The number of amides is 2. The number of ether oxygens (including phenoxy) is 1. The third-order valence-corrected chi connectivity index (χ3v) is 4.78. The van der Waals surface area contributed by atoms with Crippen LogP contribution < -0.4 is 10.6 Å². The van der Waals surface area contributed by atoms with Gasteiger partial charge in [-0.15, -0.1) is 0 Å². The minimum atomic E-state index is -0.263. The lowest BCUT2D eigenvalue weighted by atomic mass is 9.95. The number of nitrogens with zero attached hydrogens (tertiary/aromatic N) is 3. The number of carbonyl (C=O) groups is 2. The van der Waals surface area contributed by atoms with Crippen molar-refractivity contribution in [3.8, 4) is 0 Å². The number of carbonyl (C=O) groups excluding carboxylic acids is 2. The van der Waals surface area contributed by atoms with E-state index in [0.29, 0.717) is 38.8 Å². The molecule has 1 aliphatic heterocycles. The van der Waals surface area contributed by atoms with Gasteiger partial charge in [-0.2, -0.15) is 0 Å². The Morgan fingerprint density at radius 2 is 1.69 bits per heavy atom. The summed E-state index contributed by atoms with van der Waals surface area (Å²) in [6.07, 6.45) is 5.55. The van der Waals surface area contributed by atoms with Gasteiger partial charge >= 0.3 is 6.09 Å². The van der Waals surface area contributed by atoms with E-state index in [1.54, 1.807) is 4.90 Å². The maximum atomic E-state index is 12.2. The van der Waals surface area contributed by atoms with E-state index in [9.17, 15) is 9.59 Å². The minimum Gasteiger partial charge on any atom is -0.450 e. The van der Waals surface area contributed by atoms with Crippen molar-refractivity contribution < 1.29 is 14.3 Å². The summed E-state index contributed by atoms with van der Waals surface area (Å²) in [7, 11) is 0. The van der Waals surface area contributed by atoms with Crippen LogP contribution in [0.3, 0.4) is 0 Å². The lowest BCUT2D eigenvalue weighted by Crippen LogP contribution is -2.54. The van der Waals surface area contributed by atoms with Crippen LogP contribution in [0, 0.1) is 0 Å². The molecule has 8 heteroatoms. The smallest absolute Gasteiger partial charge is 0.409 e. The van der Waals surface area contributed by atoms with Crippen LogP contribution in [0.25, 0.3) is 0 Å². The third kappa shape index (κ3) is 6.38. The Morgan fingerprint density at radius 3 is 2.31 bits per heavy atom. The second kappa shape index (κ2) is 10.9. The van der Waals surface area contributed by atoms with Crippen LogP contribution in [-0.2, 0) is 9.53 Å². The number of guanidine groups is 1. The van der Waals surface area contributed by atoms with Crippen LogP contribution in [0.5, 0.6) is 0 Å². The quantitative estimate of drug-likeness (QED) is 0.563. The zero-order chi connectivity index (χ0) is 18.8. The molecule has 2 amide bonds. The minimum absolute atomic E-state index is 0.0162. The number of aliphatic imine (C=N–C) groups is 1. The zero-order valence-electron chi connectivity index (χ0n) is 16.1. The Bertz CT molecular complexity index is 483. The standard InChI is InChI=1S/C18H33N5O3/c1-3-19-17(20-14-16(24)21-15-8-6-5-7-9-15)22-10-12-23(13-11-22)18(25)26-4-2/h15H,3-14H2,1-2H3,(H,19,20)(H,21,24). The summed E-state index contributed by atoms with van der Waals surface area (Å²) in [6.45, 7) is 7.62. The first kappa shape index (κ1) is 20.3. The average Bonchev–Trinajstić information content (AvgIpc) is 2.66. The highest BCUT2D eigenvalue weighted by atomic mass is 16.6. The van der Waals surface area contributed by atoms with E-state index in [2.05, 4.69) is 20.5 Å². The molecule has 2 aliphatic rings. The number of hydrogen-bond acceptors (Lipinski definition) is 4. The Labute approximate surface area is 156 Å². The molecule has 0 spiro atoms. The molecule has 1 saturated carbocycles. The van der Waals surface area contributed by atoms with Gasteiger partial charge in [0, 0.05) is 38.8 Å². The van der Waals surface area contributed by atoms with Crippen molar-refractivity contribution in [2.45, 2.75) is 52.0 Å². The Morgan fingerprint density at radius 1 is 1.04 bits per heavy atom. The van der Waals surface area contributed by atoms with Crippen molar-refractivity contribution in [3.63, 3.8) is 0 Å². The molecule has 0 radical (unpaired) electrons. The van der Waals surface area contributed by atoms with Crippen LogP contribution >= 0.6 is 0 Å². The van der Waals surface area contributed by atoms with Crippen molar-refractivity contribution in [2.75, 3.05) is 45.9 Å². The molecule has 0 aromatic rings. The first-order valence-corrected chi connectivity index (χ1v) is 9.88. The van der Waals surface area contributed by atoms with E-state index in [0.717, 1.165) is 25.3 Å². The molecule has 0 unspecified atom stereocenters. The second-order valence-corrected chi connectivity index (χ2v) is 6.75. The normalized spacial score (nSPS) is 19.2. The molecule has 2 rings (SSSR count). The summed E-state index contributed by atoms with van der Waals surface area (Å²) in [5, 5.41) is 6.34. The molecule has 1 heterocycles. The molecule has 0 atom stereocenters.